The smallest absolute Gasteiger partial charge is 0.344 e. The van der Waals surface area contributed by atoms with E-state index >= 15 is 0 Å². The van der Waals surface area contributed by atoms with E-state index in [4.69, 9.17) is 14.2 Å². The molecule has 0 fully saturated rings. The fraction of sp³-hybridized carbons (Fsp3) is 0.417. The Labute approximate surface area is 197 Å². The van der Waals surface area contributed by atoms with Crippen LogP contribution in [0.4, 0.5) is 11.4 Å². The molecule has 0 spiro atoms. The summed E-state index contributed by atoms with van der Waals surface area (Å²) >= 11 is 3.51. The summed E-state index contributed by atoms with van der Waals surface area (Å²) in [6, 6.07) is 11.4. The third-order valence-corrected chi connectivity index (χ3v) is 5.02. The SMILES string of the molecule is CCCCC(=O)Nc1ccc(NCc2cc(Br)c(OCC(=O)OCC)c(OCC)c2)cc1. The molecule has 32 heavy (non-hydrogen) atoms. The van der Waals surface area contributed by atoms with Crippen LogP contribution >= 0.6 is 15.9 Å². The van der Waals surface area contributed by atoms with E-state index in [-0.39, 0.29) is 12.5 Å². The number of hydrogen-bond acceptors (Lipinski definition) is 6. The lowest BCUT2D eigenvalue weighted by atomic mass is 10.2. The average Bonchev–Trinajstić information content (AvgIpc) is 2.77. The molecule has 7 nitrogen and oxygen atoms in total. The highest BCUT2D eigenvalue weighted by molar-refractivity contribution is 9.10. The van der Waals surface area contributed by atoms with Crippen LogP contribution in [0.2, 0.25) is 0 Å². The largest absolute Gasteiger partial charge is 0.490 e. The molecule has 0 saturated heterocycles. The first-order chi connectivity index (χ1) is 15.5. The topological polar surface area (TPSA) is 85.9 Å². The highest BCUT2D eigenvalue weighted by atomic mass is 79.9. The lowest BCUT2D eigenvalue weighted by Gasteiger charge is -2.16. The van der Waals surface area contributed by atoms with E-state index in [2.05, 4.69) is 33.5 Å². The molecule has 0 saturated carbocycles. The van der Waals surface area contributed by atoms with Crippen molar-refractivity contribution < 1.29 is 23.8 Å². The van der Waals surface area contributed by atoms with Gasteiger partial charge in [-0.25, -0.2) is 4.79 Å². The zero-order chi connectivity index (χ0) is 23.3. The van der Waals surface area contributed by atoms with Gasteiger partial charge in [-0.3, -0.25) is 4.79 Å². The molecular weight excluding hydrogens is 476 g/mol. The molecule has 1 amide bonds. The van der Waals surface area contributed by atoms with Crippen molar-refractivity contribution in [2.24, 2.45) is 0 Å². The van der Waals surface area contributed by atoms with E-state index in [0.717, 1.165) is 29.8 Å². The normalized spacial score (nSPS) is 10.4. The van der Waals surface area contributed by atoms with Crippen molar-refractivity contribution in [3.05, 3.63) is 46.4 Å². The summed E-state index contributed by atoms with van der Waals surface area (Å²) in [5, 5.41) is 6.26. The van der Waals surface area contributed by atoms with Crippen LogP contribution in [0.3, 0.4) is 0 Å². The molecule has 2 aromatic carbocycles. The molecule has 8 heteroatoms. The average molecular weight is 507 g/mol. The molecule has 0 bridgehead atoms. The Morgan fingerprint density at radius 1 is 0.969 bits per heavy atom. The molecule has 0 radical (unpaired) electrons. The number of hydrogen-bond donors (Lipinski definition) is 2. The Balaban J connectivity index is 2.00. The summed E-state index contributed by atoms with van der Waals surface area (Å²) < 4.78 is 16.9. The van der Waals surface area contributed by atoms with E-state index in [1.54, 1.807) is 6.92 Å². The number of halogens is 1. The molecule has 174 valence electrons. The van der Waals surface area contributed by atoms with Crippen molar-refractivity contribution in [1.82, 2.24) is 0 Å². The maximum absolute atomic E-state index is 11.8. The summed E-state index contributed by atoms with van der Waals surface area (Å²) in [7, 11) is 0. The van der Waals surface area contributed by atoms with Crippen LogP contribution < -0.4 is 20.1 Å². The lowest BCUT2D eigenvalue weighted by molar-refractivity contribution is -0.145. The minimum Gasteiger partial charge on any atom is -0.490 e. The van der Waals surface area contributed by atoms with Crippen molar-refractivity contribution in [2.75, 3.05) is 30.5 Å². The standard InChI is InChI=1S/C24H31BrN2O5/c1-4-7-8-22(28)27-19-11-9-18(10-12-19)26-15-17-13-20(25)24(21(14-17)30-5-2)32-16-23(29)31-6-3/h9-14,26H,4-8,15-16H2,1-3H3,(H,27,28). The van der Waals surface area contributed by atoms with Crippen LogP contribution in [0.15, 0.2) is 40.9 Å². The molecule has 0 atom stereocenters. The molecule has 0 aliphatic rings. The van der Waals surface area contributed by atoms with Gasteiger partial charge in [-0.1, -0.05) is 13.3 Å². The third-order valence-electron chi connectivity index (χ3n) is 4.43. The van der Waals surface area contributed by atoms with Gasteiger partial charge in [0.25, 0.3) is 0 Å². The minimum atomic E-state index is -0.433. The van der Waals surface area contributed by atoms with E-state index < -0.39 is 5.97 Å². The Hall–Kier alpha value is -2.74. The van der Waals surface area contributed by atoms with Crippen LogP contribution in [-0.2, 0) is 20.9 Å². The van der Waals surface area contributed by atoms with Crippen molar-refractivity contribution in [2.45, 2.75) is 46.6 Å². The number of anilines is 2. The number of carbonyl (C=O) groups excluding carboxylic acids is 2. The van der Waals surface area contributed by atoms with Gasteiger partial charge in [0.15, 0.2) is 18.1 Å². The van der Waals surface area contributed by atoms with E-state index in [1.807, 2.05) is 43.3 Å². The summed E-state index contributed by atoms with van der Waals surface area (Å²) in [4.78, 5) is 23.5. The van der Waals surface area contributed by atoms with Crippen molar-refractivity contribution in [3.8, 4) is 11.5 Å². The van der Waals surface area contributed by atoms with Crippen molar-refractivity contribution in [3.63, 3.8) is 0 Å². The van der Waals surface area contributed by atoms with E-state index in [9.17, 15) is 9.59 Å². The van der Waals surface area contributed by atoms with Gasteiger partial charge in [0.05, 0.1) is 17.7 Å². The second-order valence-corrected chi connectivity index (χ2v) is 7.87. The first kappa shape index (κ1) is 25.5. The zero-order valence-corrected chi connectivity index (χ0v) is 20.4. The van der Waals surface area contributed by atoms with Crippen LogP contribution in [0.5, 0.6) is 11.5 Å². The summed E-state index contributed by atoms with van der Waals surface area (Å²) in [5.74, 6) is 0.614. The fourth-order valence-corrected chi connectivity index (χ4v) is 3.50. The Bertz CT molecular complexity index is 887. The van der Waals surface area contributed by atoms with Gasteiger partial charge in [-0.2, -0.15) is 0 Å². The molecular formula is C24H31BrN2O5. The highest BCUT2D eigenvalue weighted by Gasteiger charge is 2.14. The monoisotopic (exact) mass is 506 g/mol. The Morgan fingerprint density at radius 3 is 2.34 bits per heavy atom. The van der Waals surface area contributed by atoms with Crippen LogP contribution in [0.25, 0.3) is 0 Å². The maximum Gasteiger partial charge on any atom is 0.344 e. The summed E-state index contributed by atoms with van der Waals surface area (Å²) in [5.41, 5.74) is 2.68. The predicted octanol–water partition coefficient (Wildman–Crippen LogP) is 5.53. The van der Waals surface area contributed by atoms with Crippen molar-refractivity contribution in [1.29, 1.82) is 0 Å². The third kappa shape index (κ3) is 8.42. The number of benzene rings is 2. The lowest BCUT2D eigenvalue weighted by Crippen LogP contribution is -2.15. The molecule has 0 aliphatic carbocycles. The molecule has 2 N–H and O–H groups in total. The van der Waals surface area contributed by atoms with Crippen LogP contribution in [-0.4, -0.2) is 31.7 Å². The number of nitrogens with one attached hydrogen (secondary N) is 2. The molecule has 0 unspecified atom stereocenters. The molecule has 0 aliphatic heterocycles. The molecule has 2 aromatic rings. The van der Waals surface area contributed by atoms with Gasteiger partial charge in [0.2, 0.25) is 5.91 Å². The number of amides is 1. The maximum atomic E-state index is 11.8. The number of ether oxygens (including phenoxy) is 3. The fourth-order valence-electron chi connectivity index (χ4n) is 2.90. The first-order valence-corrected chi connectivity index (χ1v) is 11.6. The summed E-state index contributed by atoms with van der Waals surface area (Å²) in [6.45, 7) is 6.83. The predicted molar refractivity (Wildman–Crippen MR) is 129 cm³/mol. The quantitative estimate of drug-likeness (QED) is 0.347. The van der Waals surface area contributed by atoms with E-state index in [1.165, 1.54) is 0 Å². The van der Waals surface area contributed by atoms with E-state index in [0.29, 0.717) is 42.2 Å². The highest BCUT2D eigenvalue weighted by Crippen LogP contribution is 2.37. The van der Waals surface area contributed by atoms with Crippen LogP contribution in [0.1, 0.15) is 45.6 Å². The van der Waals surface area contributed by atoms with Gasteiger partial charge < -0.3 is 24.8 Å². The second-order valence-electron chi connectivity index (χ2n) is 7.01. The second kappa shape index (κ2) is 13.6. The number of esters is 1. The zero-order valence-electron chi connectivity index (χ0n) is 18.8. The molecule has 0 aromatic heterocycles. The van der Waals surface area contributed by atoms with Gasteiger partial charge >= 0.3 is 5.97 Å². The summed E-state index contributed by atoms with van der Waals surface area (Å²) in [6.07, 6.45) is 2.42. The molecule has 2 rings (SSSR count). The minimum absolute atomic E-state index is 0.0335. The van der Waals surface area contributed by atoms with Crippen molar-refractivity contribution >= 4 is 39.2 Å². The Kier molecular flexibility index (Phi) is 10.9. The number of unbranched alkanes of at least 4 members (excludes halogenated alkanes) is 1. The van der Waals surface area contributed by atoms with Gasteiger partial charge in [0, 0.05) is 24.3 Å². The molecule has 0 heterocycles. The first-order valence-electron chi connectivity index (χ1n) is 10.8. The Morgan fingerprint density at radius 2 is 1.69 bits per heavy atom. The number of carbonyl (C=O) groups is 2. The number of rotatable bonds is 13. The van der Waals surface area contributed by atoms with Gasteiger partial charge in [-0.15, -0.1) is 0 Å². The van der Waals surface area contributed by atoms with Gasteiger partial charge in [0.1, 0.15) is 0 Å². The van der Waals surface area contributed by atoms with Crippen LogP contribution in [0, 0.1) is 0 Å². The van der Waals surface area contributed by atoms with Gasteiger partial charge in [-0.05, 0) is 78.2 Å².